The number of para-hydroxylation sites is 1. The van der Waals surface area contributed by atoms with Crippen LogP contribution in [-0.4, -0.2) is 130 Å². The summed E-state index contributed by atoms with van der Waals surface area (Å²) in [5.74, 6) is 2.52. The van der Waals surface area contributed by atoms with Crippen molar-refractivity contribution in [2.24, 2.45) is 5.92 Å². The fraction of sp³-hybridized carbons (Fsp3) is 0.400. The summed E-state index contributed by atoms with van der Waals surface area (Å²) < 4.78 is 14.2. The van der Waals surface area contributed by atoms with Gasteiger partial charge in [-0.1, -0.05) is 41.9 Å². The van der Waals surface area contributed by atoms with Crippen LogP contribution in [0.5, 0.6) is 11.5 Å². The van der Waals surface area contributed by atoms with E-state index >= 15 is 0 Å². The predicted molar refractivity (Wildman–Crippen MR) is 272 cm³/mol. The number of halogens is 1. The number of carbonyl (C=O) groups is 4. The van der Waals surface area contributed by atoms with Crippen LogP contribution in [-0.2, 0) is 19.2 Å². The Morgan fingerprint density at radius 2 is 1.75 bits per heavy atom. The van der Waals surface area contributed by atoms with Crippen molar-refractivity contribution in [3.63, 3.8) is 0 Å². The molecule has 17 heteroatoms. The summed E-state index contributed by atoms with van der Waals surface area (Å²) in [6, 6.07) is 23.2. The average molecular weight is 1060 g/mol. The number of hydrogen-bond donors (Lipinski definition) is 4. The number of allylic oxidation sites excluding steroid dienone is 1. The molecule has 0 spiro atoms. The number of rotatable bonds is 19. The van der Waals surface area contributed by atoms with Crippen LogP contribution in [0, 0.1) is 5.92 Å². The molecule has 14 nitrogen and oxygen atoms in total. The zero-order valence-corrected chi connectivity index (χ0v) is 42.7. The van der Waals surface area contributed by atoms with E-state index in [1.54, 1.807) is 7.05 Å². The number of carbonyl (C=O) groups excluding carboxylic acids is 4. The van der Waals surface area contributed by atoms with Gasteiger partial charge in [0.2, 0.25) is 5.91 Å². The van der Waals surface area contributed by atoms with Crippen LogP contribution >= 0.6 is 22.9 Å². The maximum Gasteiger partial charge on any atom is 0.106 e. The summed E-state index contributed by atoms with van der Waals surface area (Å²) in [5.41, 5.74) is 3.10. The Morgan fingerprint density at radius 3 is 2.40 bits per heavy atom. The monoisotopic (exact) mass is 1060 g/mol. The maximum absolute atomic E-state index is 12.8. The Hall–Kier alpha value is -5.05. The number of nitrogens with zero attached hydrogens (tertiary/aromatic N) is 4. The fourth-order valence-corrected chi connectivity index (χ4v) is 9.63. The summed E-state index contributed by atoms with van der Waals surface area (Å²) in [5, 5.41) is 13.6. The molecule has 1 unspecified atom stereocenters. The van der Waals surface area contributed by atoms with E-state index in [1.165, 1.54) is 34.4 Å². The molecule has 356 valence electrons. The van der Waals surface area contributed by atoms with Gasteiger partial charge in [0.05, 0.1) is 21.2 Å². The van der Waals surface area contributed by atoms with E-state index in [1.807, 2.05) is 106 Å². The third kappa shape index (κ3) is 14.5. The summed E-state index contributed by atoms with van der Waals surface area (Å²) >= 11 is 9.42. The van der Waals surface area contributed by atoms with Crippen molar-refractivity contribution in [3.05, 3.63) is 102 Å². The molecule has 7 rings (SSSR count). The number of pyridine rings is 1. The molecule has 2 fully saturated rings. The predicted octanol–water partition coefficient (Wildman–Crippen LogP) is 7.49. The minimum Gasteiger partial charge on any atom is -0.323 e. The van der Waals surface area contributed by atoms with E-state index in [-0.39, 0.29) is 17.7 Å². The quantitative estimate of drug-likeness (QED) is 0.0279. The Balaban J connectivity index is 0.00000161. The Labute approximate surface area is 417 Å². The first-order valence-corrected chi connectivity index (χ1v) is 25.5. The number of fused-ring (bicyclic) bond motifs is 1. The smallest absolute Gasteiger partial charge is 0.106 e. The zero-order valence-electron chi connectivity index (χ0n) is 38.6. The number of amides is 2. The second-order valence-corrected chi connectivity index (χ2v) is 18.5. The third-order valence-corrected chi connectivity index (χ3v) is 14.0. The molecule has 3 aromatic carbocycles. The van der Waals surface area contributed by atoms with Crippen LogP contribution in [0.2, 0.25) is 9.39 Å². The Kier molecular flexibility index (Phi) is 21.4. The minimum absolute atomic E-state index is 0.000599. The Bertz CT molecular complexity index is 2370. The number of ether oxygens (including phenoxy) is 2. The molecule has 0 saturated carbocycles. The van der Waals surface area contributed by atoms with Gasteiger partial charge < -0.3 is 20.3 Å². The van der Waals surface area contributed by atoms with Gasteiger partial charge in [0, 0.05) is 26.3 Å². The first-order valence-electron chi connectivity index (χ1n) is 22.5. The van der Waals surface area contributed by atoms with Crippen molar-refractivity contribution in [3.8, 4) is 22.1 Å². The van der Waals surface area contributed by atoms with Gasteiger partial charge >= 0.3 is 178 Å². The van der Waals surface area contributed by atoms with E-state index in [4.69, 9.17) is 35.8 Å². The van der Waals surface area contributed by atoms with Gasteiger partial charge in [0.1, 0.15) is 17.6 Å². The van der Waals surface area contributed by atoms with Crippen molar-refractivity contribution >= 4 is 98.3 Å². The number of anilines is 3. The molecular weight excluding hydrogens is 998 g/mol. The van der Waals surface area contributed by atoms with E-state index in [9.17, 15) is 14.4 Å². The number of aldehydes is 1. The van der Waals surface area contributed by atoms with Crippen molar-refractivity contribution in [2.45, 2.75) is 54.4 Å². The molecule has 4 N–H and O–H groups in total. The van der Waals surface area contributed by atoms with Crippen molar-refractivity contribution in [1.82, 2.24) is 25.9 Å². The molecule has 2 amide bonds. The fourth-order valence-electron chi connectivity index (χ4n) is 8.12. The van der Waals surface area contributed by atoms with Gasteiger partial charge in [-0.05, 0) is 75.5 Å². The van der Waals surface area contributed by atoms with E-state index in [2.05, 4.69) is 37.6 Å². The van der Waals surface area contributed by atoms with Crippen LogP contribution in [0.25, 0.3) is 20.8 Å². The van der Waals surface area contributed by atoms with Crippen LogP contribution in [0.1, 0.15) is 50.0 Å². The Morgan fingerprint density at radius 1 is 1.00 bits per heavy atom. The zero-order chi connectivity index (χ0) is 48.2. The van der Waals surface area contributed by atoms with Gasteiger partial charge in [-0.2, -0.15) is 0 Å². The van der Waals surface area contributed by atoms with E-state index in [0.717, 1.165) is 83.0 Å². The molecule has 2 aromatic heterocycles. The first kappa shape index (κ1) is 52.9. The summed E-state index contributed by atoms with van der Waals surface area (Å²) in [6.07, 6.45) is 9.12. The molecule has 2 aliphatic rings. The number of likely N-dealkylation sites (N-methyl/N-ethyl adjacent to an activating group) is 1. The minimum atomic E-state index is -1.03. The number of hydrogen-bond acceptors (Lipinski definition) is 13. The molecule has 0 bridgehead atoms. The summed E-state index contributed by atoms with van der Waals surface area (Å²) in [4.78, 5) is 59.9. The largest absolute Gasteiger partial charge is 0.323 e. The topological polar surface area (TPSA) is 167 Å². The number of thiazole rings is 1. The molecule has 4 heterocycles. The SMILES string of the molecule is C=CCCC(C(=O)NC)c1ccc(N2CCC(CNCCOc3ccc(NC(=O)[CH2][Sb])c(N4CCC(C=O)(Oc5ccccc5-c5nc6cccc(Cl)c6s5)CC4)c3)CC2)nc1.C=O.CNC. The molecule has 1 atom stereocenters. The second-order valence-electron chi connectivity index (χ2n) is 16.2. The van der Waals surface area contributed by atoms with Gasteiger partial charge in [-0.3, -0.25) is 4.79 Å². The molecule has 67 heavy (non-hydrogen) atoms. The molecule has 2 radical (unpaired) electrons. The van der Waals surface area contributed by atoms with Gasteiger partial charge in [-0.15, -0.1) is 17.9 Å². The van der Waals surface area contributed by atoms with Crippen molar-refractivity contribution in [2.75, 3.05) is 82.1 Å². The van der Waals surface area contributed by atoms with Crippen LogP contribution in [0.3, 0.4) is 0 Å². The third-order valence-electron chi connectivity index (χ3n) is 11.7. The number of benzene rings is 3. The van der Waals surface area contributed by atoms with Crippen LogP contribution in [0.15, 0.2) is 91.6 Å². The van der Waals surface area contributed by atoms with E-state index < -0.39 is 5.60 Å². The summed E-state index contributed by atoms with van der Waals surface area (Å²) in [7, 11) is 5.42. The molecule has 5 aromatic rings. The molecule has 2 saturated heterocycles. The van der Waals surface area contributed by atoms with Gasteiger partial charge in [0.25, 0.3) is 0 Å². The van der Waals surface area contributed by atoms with Crippen molar-refractivity contribution < 1.29 is 28.7 Å². The second kappa shape index (κ2) is 27.1. The number of aromatic nitrogens is 2. The molecule has 0 aliphatic carbocycles. The van der Waals surface area contributed by atoms with Crippen molar-refractivity contribution in [1.29, 1.82) is 0 Å². The van der Waals surface area contributed by atoms with Crippen LogP contribution < -0.4 is 40.5 Å². The summed E-state index contributed by atoms with van der Waals surface area (Å²) in [6.45, 7) is 10.8. The maximum atomic E-state index is 12.8. The molecule has 2 aliphatic heterocycles. The van der Waals surface area contributed by atoms with Gasteiger partial charge in [-0.25, -0.2) is 9.97 Å². The standard InChI is InChI=1S/C47H53ClN7O5S.C2H7N.CH2O.Sb/c1-4-5-9-36(45(58)49-3)34-14-17-43(51-30-34)55-23-18-33(19-24-55)29-50-22-27-59-35-15-16-39(52-32(2)57)41(28-35)54-25-20-47(31-56,21-26-54)60-42-13-7-6-10-37(42)46-53-40-12-8-11-38(48)44(40)61-46;1-3-2;1-2;/h4,6-8,10-17,28,30-31,33,36,50H,1-2,5,9,18-27,29H2,3H3,(H,49,58)(H,52,57);3H,1-2H3;1H2;. The average Bonchev–Trinajstić information content (AvgIpc) is 3.81. The normalized spacial score (nSPS) is 14.9. The first-order chi connectivity index (χ1) is 32.6. The number of nitrogens with one attached hydrogen (secondary N) is 4. The van der Waals surface area contributed by atoms with Gasteiger partial charge in [0.15, 0.2) is 0 Å². The molecular formula is C50H62ClN8O6SSb. The van der Waals surface area contributed by atoms with Crippen LogP contribution in [0.4, 0.5) is 17.2 Å². The number of piperidine rings is 2. The van der Waals surface area contributed by atoms with E-state index in [0.29, 0.717) is 78.0 Å².